The van der Waals surface area contributed by atoms with E-state index in [1.54, 1.807) is 12.1 Å². The van der Waals surface area contributed by atoms with Crippen LogP contribution in [0.1, 0.15) is 15.9 Å². The van der Waals surface area contributed by atoms with Gasteiger partial charge in [0.1, 0.15) is 5.75 Å². The molecule has 0 spiro atoms. The molecular formula is C14H12N4O5. The van der Waals surface area contributed by atoms with Gasteiger partial charge in [-0.1, -0.05) is 0 Å². The number of carbonyl (C=O) groups is 1. The Morgan fingerprint density at radius 3 is 2.48 bits per heavy atom. The first kappa shape index (κ1) is 15.8. The summed E-state index contributed by atoms with van der Waals surface area (Å²) in [4.78, 5) is 21.7. The average Bonchev–Trinajstić information content (AvgIpc) is 2.49. The molecule has 0 heterocycles. The Bertz CT molecular complexity index is 786. The summed E-state index contributed by atoms with van der Waals surface area (Å²) in [5.74, 6) is -1.61. The third-order valence-corrected chi connectivity index (χ3v) is 2.86. The Kier molecular flexibility index (Phi) is 4.41. The van der Waals surface area contributed by atoms with E-state index in [0.717, 1.165) is 18.3 Å². The van der Waals surface area contributed by atoms with Crippen molar-refractivity contribution in [1.29, 1.82) is 0 Å². The molecular weight excluding hydrogens is 304 g/mol. The number of hydrogen-bond donors (Lipinski definition) is 4. The maximum Gasteiger partial charge on any atom is 0.311 e. The smallest absolute Gasteiger partial charge is 0.311 e. The lowest BCUT2D eigenvalue weighted by molar-refractivity contribution is -0.385. The molecule has 9 nitrogen and oxygen atoms in total. The molecule has 1 amide bonds. The number of phenols is 2. The standard InChI is InChI=1S/C14H12N4O5/c15-10-3-1-8(2-4-10)14(21)17-16-7-9-5-11(18(22)23)13(20)6-12(9)19/h1-7,19-20H,15H2,(H,17,21)/b16-7-. The Morgan fingerprint density at radius 2 is 1.87 bits per heavy atom. The first-order valence-electron chi connectivity index (χ1n) is 6.28. The first-order valence-corrected chi connectivity index (χ1v) is 6.28. The number of nitrogens with two attached hydrogens (primary N) is 1. The van der Waals surface area contributed by atoms with Crippen molar-refractivity contribution in [3.8, 4) is 11.5 Å². The number of amides is 1. The molecule has 23 heavy (non-hydrogen) atoms. The topological polar surface area (TPSA) is 151 Å². The highest BCUT2D eigenvalue weighted by Crippen LogP contribution is 2.31. The van der Waals surface area contributed by atoms with Gasteiger partial charge in [0.25, 0.3) is 5.91 Å². The minimum atomic E-state index is -0.806. The van der Waals surface area contributed by atoms with Crippen LogP contribution in [0.5, 0.6) is 11.5 Å². The van der Waals surface area contributed by atoms with Gasteiger partial charge in [-0.2, -0.15) is 5.10 Å². The van der Waals surface area contributed by atoms with E-state index in [0.29, 0.717) is 11.3 Å². The lowest BCUT2D eigenvalue weighted by atomic mass is 10.2. The summed E-state index contributed by atoms with van der Waals surface area (Å²) < 4.78 is 0. The molecule has 2 aromatic rings. The van der Waals surface area contributed by atoms with E-state index >= 15 is 0 Å². The number of nitrogens with zero attached hydrogens (tertiary/aromatic N) is 2. The number of nitrogens with one attached hydrogen (secondary N) is 1. The van der Waals surface area contributed by atoms with Crippen LogP contribution in [-0.2, 0) is 0 Å². The van der Waals surface area contributed by atoms with E-state index in [1.807, 2.05) is 0 Å². The van der Waals surface area contributed by atoms with Crippen molar-refractivity contribution in [3.05, 3.63) is 57.6 Å². The summed E-state index contributed by atoms with van der Waals surface area (Å²) >= 11 is 0. The lowest BCUT2D eigenvalue weighted by Gasteiger charge is -2.02. The number of nitro benzene ring substituents is 1. The Balaban J connectivity index is 2.14. The van der Waals surface area contributed by atoms with Crippen molar-refractivity contribution >= 4 is 23.5 Å². The van der Waals surface area contributed by atoms with Crippen LogP contribution >= 0.6 is 0 Å². The lowest BCUT2D eigenvalue weighted by Crippen LogP contribution is -2.17. The molecule has 0 fully saturated rings. The Labute approximate surface area is 129 Å². The summed E-state index contributed by atoms with van der Waals surface area (Å²) in [5, 5.41) is 33.3. The highest BCUT2D eigenvalue weighted by Gasteiger charge is 2.16. The van der Waals surface area contributed by atoms with Gasteiger partial charge in [0.05, 0.1) is 11.1 Å². The number of carbonyl (C=O) groups excluding carboxylic acids is 1. The SMILES string of the molecule is Nc1ccc(C(=O)N/N=C\c2cc([N+](=O)[O-])c(O)cc2O)cc1. The summed E-state index contributed by atoms with van der Waals surface area (Å²) in [6.07, 6.45) is 1.02. The van der Waals surface area contributed by atoms with Gasteiger partial charge in [0.2, 0.25) is 0 Å². The van der Waals surface area contributed by atoms with E-state index in [1.165, 1.54) is 12.1 Å². The van der Waals surface area contributed by atoms with Crippen LogP contribution < -0.4 is 11.2 Å². The molecule has 5 N–H and O–H groups in total. The number of rotatable bonds is 4. The van der Waals surface area contributed by atoms with Gasteiger partial charge in [-0.3, -0.25) is 14.9 Å². The molecule has 9 heteroatoms. The molecule has 0 atom stereocenters. The molecule has 2 aromatic carbocycles. The number of hydrazone groups is 1. The quantitative estimate of drug-likeness (QED) is 0.289. The van der Waals surface area contributed by atoms with Gasteiger partial charge >= 0.3 is 5.69 Å². The highest BCUT2D eigenvalue weighted by atomic mass is 16.6. The fourth-order valence-electron chi connectivity index (χ4n) is 1.69. The molecule has 0 bridgehead atoms. The van der Waals surface area contributed by atoms with E-state index in [2.05, 4.69) is 10.5 Å². The van der Waals surface area contributed by atoms with Gasteiger partial charge < -0.3 is 15.9 Å². The van der Waals surface area contributed by atoms with Crippen LogP contribution in [0.4, 0.5) is 11.4 Å². The highest BCUT2D eigenvalue weighted by molar-refractivity contribution is 5.95. The summed E-state index contributed by atoms with van der Waals surface area (Å²) in [7, 11) is 0. The van der Waals surface area contributed by atoms with Crippen molar-refractivity contribution in [2.24, 2.45) is 5.10 Å². The second-order valence-electron chi connectivity index (χ2n) is 4.48. The normalized spacial score (nSPS) is 10.6. The second-order valence-corrected chi connectivity index (χ2v) is 4.48. The summed E-state index contributed by atoms with van der Waals surface area (Å²) in [6.45, 7) is 0. The average molecular weight is 316 g/mol. The molecule has 0 aliphatic carbocycles. The number of hydrogen-bond acceptors (Lipinski definition) is 7. The maximum atomic E-state index is 11.8. The van der Waals surface area contributed by atoms with Crippen molar-refractivity contribution in [1.82, 2.24) is 5.43 Å². The van der Waals surface area contributed by atoms with Gasteiger partial charge in [0.15, 0.2) is 5.75 Å². The predicted octanol–water partition coefficient (Wildman–Crippen LogP) is 1.35. The molecule has 0 aliphatic heterocycles. The van der Waals surface area contributed by atoms with Crippen LogP contribution in [0.25, 0.3) is 0 Å². The molecule has 0 aliphatic rings. The maximum absolute atomic E-state index is 11.8. The third kappa shape index (κ3) is 3.73. The van der Waals surface area contributed by atoms with Crippen LogP contribution in [-0.4, -0.2) is 27.3 Å². The number of anilines is 1. The number of aromatic hydroxyl groups is 2. The number of benzene rings is 2. The fourth-order valence-corrected chi connectivity index (χ4v) is 1.69. The van der Waals surface area contributed by atoms with Crippen LogP contribution in [0, 0.1) is 10.1 Å². The van der Waals surface area contributed by atoms with Gasteiger partial charge in [-0.25, -0.2) is 5.43 Å². The second kappa shape index (κ2) is 6.43. The van der Waals surface area contributed by atoms with E-state index in [-0.39, 0.29) is 5.56 Å². The molecule has 118 valence electrons. The van der Waals surface area contributed by atoms with Crippen LogP contribution in [0.2, 0.25) is 0 Å². The van der Waals surface area contributed by atoms with E-state index < -0.39 is 28.0 Å². The zero-order chi connectivity index (χ0) is 17.0. The van der Waals surface area contributed by atoms with Crippen molar-refractivity contribution in [2.75, 3.05) is 5.73 Å². The summed E-state index contributed by atoms with van der Waals surface area (Å²) in [5.41, 5.74) is 7.91. The minimum Gasteiger partial charge on any atom is -0.507 e. The fraction of sp³-hybridized carbons (Fsp3) is 0. The monoisotopic (exact) mass is 316 g/mol. The van der Waals surface area contributed by atoms with E-state index in [9.17, 15) is 25.1 Å². The van der Waals surface area contributed by atoms with Gasteiger partial charge in [-0.05, 0) is 24.3 Å². The molecule has 0 radical (unpaired) electrons. The van der Waals surface area contributed by atoms with Crippen LogP contribution in [0.3, 0.4) is 0 Å². The van der Waals surface area contributed by atoms with E-state index in [4.69, 9.17) is 5.73 Å². The van der Waals surface area contributed by atoms with Crippen molar-refractivity contribution in [2.45, 2.75) is 0 Å². The first-order chi connectivity index (χ1) is 10.9. The minimum absolute atomic E-state index is 0.0351. The third-order valence-electron chi connectivity index (χ3n) is 2.86. The predicted molar refractivity (Wildman–Crippen MR) is 82.3 cm³/mol. The van der Waals surface area contributed by atoms with Gasteiger partial charge in [0, 0.05) is 28.9 Å². The number of nitrogen functional groups attached to an aromatic ring is 1. The molecule has 0 aromatic heterocycles. The number of nitro groups is 1. The van der Waals surface area contributed by atoms with Crippen molar-refractivity contribution < 1.29 is 19.9 Å². The van der Waals surface area contributed by atoms with Crippen molar-refractivity contribution in [3.63, 3.8) is 0 Å². The summed E-state index contributed by atoms with van der Waals surface area (Å²) in [6, 6.07) is 7.86. The molecule has 0 unspecified atom stereocenters. The van der Waals surface area contributed by atoms with Gasteiger partial charge in [-0.15, -0.1) is 0 Å². The zero-order valence-corrected chi connectivity index (χ0v) is 11.6. The molecule has 0 saturated heterocycles. The molecule has 2 rings (SSSR count). The van der Waals surface area contributed by atoms with Crippen LogP contribution in [0.15, 0.2) is 41.5 Å². The Morgan fingerprint density at radius 1 is 1.22 bits per heavy atom. The molecule has 0 saturated carbocycles. The largest absolute Gasteiger partial charge is 0.507 e. The zero-order valence-electron chi connectivity index (χ0n) is 11.6. The Hall–Kier alpha value is -3.62. The number of phenolic OH excluding ortho intramolecular Hbond substituents is 2.